The molecule has 2 N–H and O–H groups in total. The molecule has 2 unspecified atom stereocenters. The number of alkyl halides is 2. The number of likely N-dealkylation sites (tertiary alicyclic amines) is 1. The summed E-state index contributed by atoms with van der Waals surface area (Å²) in [5, 5.41) is 18.6. The lowest BCUT2D eigenvalue weighted by molar-refractivity contribution is -0.135. The largest absolute Gasteiger partial charge is 0.481 e. The highest BCUT2D eigenvalue weighted by atomic mass is 19.3. The van der Waals surface area contributed by atoms with Gasteiger partial charge in [-0.25, -0.2) is 8.78 Å². The molecule has 2 heterocycles. The van der Waals surface area contributed by atoms with Crippen molar-refractivity contribution in [2.24, 2.45) is 0 Å². The van der Waals surface area contributed by atoms with Crippen molar-refractivity contribution in [3.05, 3.63) is 0 Å². The number of carboxylic acid groups (broad SMARTS) is 1. The minimum Gasteiger partial charge on any atom is -0.481 e. The Morgan fingerprint density at radius 1 is 1.52 bits per heavy atom. The van der Waals surface area contributed by atoms with E-state index in [0.29, 0.717) is 6.42 Å². The van der Waals surface area contributed by atoms with Gasteiger partial charge in [-0.1, -0.05) is 0 Å². The van der Waals surface area contributed by atoms with Crippen molar-refractivity contribution in [3.63, 3.8) is 0 Å². The Morgan fingerprint density at radius 2 is 2.10 bits per heavy atom. The number of aliphatic carboxylic acids is 1. The molecule has 2 amide bonds. The Kier molecular flexibility index (Phi) is 5.18. The molecule has 2 rings (SSSR count). The van der Waals surface area contributed by atoms with E-state index in [2.05, 4.69) is 5.32 Å². The average molecular weight is 303 g/mol. The Balaban J connectivity index is 0.000000491. The first kappa shape index (κ1) is 16.8. The van der Waals surface area contributed by atoms with Crippen LogP contribution in [0.15, 0.2) is 0 Å². The molecule has 116 valence electrons. The summed E-state index contributed by atoms with van der Waals surface area (Å²) in [5.74, 6) is -4.69. The smallest absolute Gasteiger partial charge is 0.300 e. The molecule has 9 heteroatoms. The number of rotatable bonds is 1. The highest BCUT2D eigenvalue weighted by Gasteiger charge is 2.49. The number of carboxylic acids is 1. The Hall–Kier alpha value is -2.24. The predicted octanol–water partition coefficient (Wildman–Crippen LogP) is 0.116. The third-order valence-electron chi connectivity index (χ3n) is 3.00. The van der Waals surface area contributed by atoms with Gasteiger partial charge in [-0.15, -0.1) is 0 Å². The van der Waals surface area contributed by atoms with Crippen LogP contribution in [0, 0.1) is 11.3 Å². The van der Waals surface area contributed by atoms with Crippen LogP contribution in [0.5, 0.6) is 0 Å². The number of nitrogens with one attached hydrogen (secondary N) is 1. The number of nitriles is 1. The molecule has 2 saturated heterocycles. The second kappa shape index (κ2) is 6.47. The first-order valence-corrected chi connectivity index (χ1v) is 6.23. The highest BCUT2D eigenvalue weighted by Crippen LogP contribution is 2.32. The van der Waals surface area contributed by atoms with Crippen molar-refractivity contribution >= 4 is 17.8 Å². The van der Waals surface area contributed by atoms with Crippen molar-refractivity contribution < 1.29 is 28.3 Å². The van der Waals surface area contributed by atoms with Crippen LogP contribution in [0.25, 0.3) is 0 Å². The first-order valence-electron chi connectivity index (χ1n) is 6.23. The minimum absolute atomic E-state index is 0.220. The van der Waals surface area contributed by atoms with E-state index in [1.54, 1.807) is 6.07 Å². The van der Waals surface area contributed by atoms with Crippen LogP contribution < -0.4 is 5.32 Å². The topological polar surface area (TPSA) is 110 Å². The van der Waals surface area contributed by atoms with Crippen LogP contribution in [-0.2, 0) is 14.4 Å². The molecule has 0 bridgehead atoms. The van der Waals surface area contributed by atoms with Crippen molar-refractivity contribution in [2.45, 2.75) is 44.2 Å². The zero-order valence-corrected chi connectivity index (χ0v) is 11.3. The fraction of sp³-hybridized carbons (Fsp3) is 0.667. The molecular weight excluding hydrogens is 288 g/mol. The molecule has 2 aliphatic rings. The van der Waals surface area contributed by atoms with Gasteiger partial charge in [-0.3, -0.25) is 14.4 Å². The molecule has 2 fully saturated rings. The van der Waals surface area contributed by atoms with Crippen LogP contribution in [0.3, 0.4) is 0 Å². The SMILES string of the molecule is CC(=O)O.N#CC1CC(F)(F)CN1C(=O)C1CCC(=O)N1. The lowest BCUT2D eigenvalue weighted by Crippen LogP contribution is -2.46. The Labute approximate surface area is 119 Å². The van der Waals surface area contributed by atoms with Gasteiger partial charge in [0, 0.05) is 19.8 Å². The van der Waals surface area contributed by atoms with E-state index < -0.39 is 42.8 Å². The standard InChI is InChI=1S/C10H11F2N3O2.C2H4O2/c11-10(12)3-6(4-13)15(5-10)9(17)7-1-2-8(16)14-7;1-2(3)4/h6-7H,1-3,5H2,(H,14,16);1H3,(H,3,4). The van der Waals surface area contributed by atoms with Gasteiger partial charge in [0.05, 0.1) is 12.6 Å². The molecule has 2 aliphatic heterocycles. The molecule has 0 saturated carbocycles. The number of nitrogens with zero attached hydrogens (tertiary/aromatic N) is 2. The maximum Gasteiger partial charge on any atom is 0.300 e. The molecule has 21 heavy (non-hydrogen) atoms. The summed E-state index contributed by atoms with van der Waals surface area (Å²) in [6, 6.07) is -0.161. The number of hydrogen-bond acceptors (Lipinski definition) is 4. The fourth-order valence-electron chi connectivity index (χ4n) is 2.16. The zero-order chi connectivity index (χ0) is 16.2. The number of hydrogen-bond donors (Lipinski definition) is 2. The van der Waals surface area contributed by atoms with Gasteiger partial charge in [0.2, 0.25) is 11.8 Å². The van der Waals surface area contributed by atoms with E-state index >= 15 is 0 Å². The Bertz CT molecular complexity index is 485. The molecule has 0 aromatic carbocycles. The van der Waals surface area contributed by atoms with Crippen molar-refractivity contribution in [1.29, 1.82) is 5.26 Å². The van der Waals surface area contributed by atoms with Gasteiger partial charge in [0.25, 0.3) is 11.9 Å². The van der Waals surface area contributed by atoms with Crippen molar-refractivity contribution in [1.82, 2.24) is 10.2 Å². The third-order valence-corrected chi connectivity index (χ3v) is 3.00. The van der Waals surface area contributed by atoms with Crippen LogP contribution >= 0.6 is 0 Å². The molecule has 0 aromatic heterocycles. The number of halogens is 2. The van der Waals surface area contributed by atoms with Gasteiger partial charge >= 0.3 is 0 Å². The van der Waals surface area contributed by atoms with Gasteiger partial charge in [-0.05, 0) is 6.42 Å². The van der Waals surface area contributed by atoms with Crippen molar-refractivity contribution in [3.8, 4) is 6.07 Å². The minimum atomic E-state index is -3.02. The van der Waals surface area contributed by atoms with E-state index in [9.17, 15) is 18.4 Å². The summed E-state index contributed by atoms with van der Waals surface area (Å²) in [4.78, 5) is 32.7. The predicted molar refractivity (Wildman–Crippen MR) is 65.2 cm³/mol. The van der Waals surface area contributed by atoms with Gasteiger partial charge in [0.15, 0.2) is 0 Å². The van der Waals surface area contributed by atoms with E-state index in [4.69, 9.17) is 15.2 Å². The molecule has 0 aliphatic carbocycles. The van der Waals surface area contributed by atoms with Gasteiger partial charge in [-0.2, -0.15) is 5.26 Å². The van der Waals surface area contributed by atoms with Crippen molar-refractivity contribution in [2.75, 3.05) is 6.54 Å². The summed E-state index contributed by atoms with van der Waals surface area (Å²) in [6.07, 6.45) is -0.106. The van der Waals surface area contributed by atoms with Crippen LogP contribution in [0.2, 0.25) is 0 Å². The normalized spacial score (nSPS) is 26.4. The van der Waals surface area contributed by atoms with Crippen LogP contribution in [-0.4, -0.2) is 52.3 Å². The quantitative estimate of drug-likeness (QED) is 0.714. The summed E-state index contributed by atoms with van der Waals surface area (Å²) in [5.41, 5.74) is 0. The number of carbonyl (C=O) groups excluding carboxylic acids is 2. The number of carbonyl (C=O) groups is 3. The van der Waals surface area contributed by atoms with E-state index in [-0.39, 0.29) is 12.3 Å². The second-order valence-corrected chi connectivity index (χ2v) is 4.85. The number of amides is 2. The lowest BCUT2D eigenvalue weighted by atomic mass is 10.2. The average Bonchev–Trinajstić information content (AvgIpc) is 2.91. The zero-order valence-electron chi connectivity index (χ0n) is 11.3. The summed E-state index contributed by atoms with van der Waals surface area (Å²) in [7, 11) is 0. The third kappa shape index (κ3) is 4.66. The lowest BCUT2D eigenvalue weighted by Gasteiger charge is -2.22. The van der Waals surface area contributed by atoms with E-state index in [1.165, 1.54) is 0 Å². The van der Waals surface area contributed by atoms with E-state index in [1.807, 2.05) is 0 Å². The Morgan fingerprint density at radius 3 is 2.52 bits per heavy atom. The van der Waals surface area contributed by atoms with E-state index in [0.717, 1.165) is 11.8 Å². The maximum atomic E-state index is 13.1. The summed E-state index contributed by atoms with van der Waals surface area (Å²) in [6.45, 7) is 0.344. The summed E-state index contributed by atoms with van der Waals surface area (Å²) >= 11 is 0. The molecule has 0 aromatic rings. The fourth-order valence-corrected chi connectivity index (χ4v) is 2.16. The molecular formula is C12H15F2N3O4. The summed E-state index contributed by atoms with van der Waals surface area (Å²) < 4.78 is 26.2. The van der Waals surface area contributed by atoms with Crippen LogP contribution in [0.1, 0.15) is 26.2 Å². The molecule has 0 spiro atoms. The van der Waals surface area contributed by atoms with Crippen LogP contribution in [0.4, 0.5) is 8.78 Å². The van der Waals surface area contributed by atoms with Gasteiger partial charge < -0.3 is 15.3 Å². The maximum absolute atomic E-state index is 13.1. The molecule has 0 radical (unpaired) electrons. The molecule has 7 nitrogen and oxygen atoms in total. The molecule has 2 atom stereocenters. The van der Waals surface area contributed by atoms with Gasteiger partial charge in [0.1, 0.15) is 12.1 Å². The monoisotopic (exact) mass is 303 g/mol. The second-order valence-electron chi connectivity index (χ2n) is 4.85. The first-order chi connectivity index (χ1) is 9.66. The highest BCUT2D eigenvalue weighted by molar-refractivity contribution is 5.91.